The summed E-state index contributed by atoms with van der Waals surface area (Å²) in [7, 11) is 0. The van der Waals surface area contributed by atoms with Gasteiger partial charge in [0.1, 0.15) is 5.60 Å². The van der Waals surface area contributed by atoms with Gasteiger partial charge in [0.15, 0.2) is 0 Å². The van der Waals surface area contributed by atoms with Crippen LogP contribution in [0.2, 0.25) is 0 Å². The third-order valence-corrected chi connectivity index (χ3v) is 3.60. The number of ether oxygens (including phenoxy) is 2. The highest BCUT2D eigenvalue weighted by Gasteiger charge is 2.61. The van der Waals surface area contributed by atoms with E-state index in [-0.39, 0.29) is 12.2 Å². The van der Waals surface area contributed by atoms with E-state index in [0.29, 0.717) is 0 Å². The summed E-state index contributed by atoms with van der Waals surface area (Å²) in [6.07, 6.45) is 2.50. The molecule has 0 aliphatic rings. The molecule has 0 saturated heterocycles. The molecule has 0 bridgehead atoms. The second kappa shape index (κ2) is 8.85. The number of amides is 1. The first-order chi connectivity index (χ1) is 12.5. The summed E-state index contributed by atoms with van der Waals surface area (Å²) in [5.74, 6) is -2.99. The van der Waals surface area contributed by atoms with E-state index in [0.717, 1.165) is 0 Å². The molecule has 0 radical (unpaired) electrons. The third kappa shape index (κ3) is 5.95. The first-order valence-electron chi connectivity index (χ1n) is 8.51. The zero-order valence-electron chi connectivity index (χ0n) is 16.0. The average Bonchev–Trinajstić information content (AvgIpc) is 2.53. The molecule has 0 heterocycles. The Morgan fingerprint density at radius 1 is 1.19 bits per heavy atom. The van der Waals surface area contributed by atoms with Crippen molar-refractivity contribution in [2.45, 2.75) is 57.6 Å². The fourth-order valence-corrected chi connectivity index (χ4v) is 2.43. The van der Waals surface area contributed by atoms with Gasteiger partial charge in [-0.2, -0.15) is 0 Å². The maximum absolute atomic E-state index is 15.3. The Morgan fingerprint density at radius 2 is 1.78 bits per heavy atom. The van der Waals surface area contributed by atoms with Gasteiger partial charge in [0.25, 0.3) is 5.92 Å². The van der Waals surface area contributed by atoms with Gasteiger partial charge in [-0.1, -0.05) is 30.3 Å². The molecule has 5 nitrogen and oxygen atoms in total. The number of carbonyl (C=O) groups excluding carboxylic acids is 2. The van der Waals surface area contributed by atoms with Crippen LogP contribution in [0.1, 0.15) is 39.7 Å². The number of rotatable bonds is 7. The number of terminal acetylenes is 1. The van der Waals surface area contributed by atoms with Crippen molar-refractivity contribution >= 4 is 12.1 Å². The molecule has 27 heavy (non-hydrogen) atoms. The van der Waals surface area contributed by atoms with Crippen molar-refractivity contribution < 1.29 is 27.8 Å². The Hall–Kier alpha value is -2.62. The van der Waals surface area contributed by atoms with Crippen molar-refractivity contribution in [2.75, 3.05) is 6.61 Å². The molecule has 1 N–H and O–H groups in total. The summed E-state index contributed by atoms with van der Waals surface area (Å²) < 4.78 is 40.5. The van der Waals surface area contributed by atoms with Crippen LogP contribution in [-0.4, -0.2) is 35.7 Å². The number of halogens is 2. The van der Waals surface area contributed by atoms with Crippen molar-refractivity contribution in [2.24, 2.45) is 0 Å². The van der Waals surface area contributed by atoms with E-state index in [4.69, 9.17) is 15.9 Å². The fourth-order valence-electron chi connectivity index (χ4n) is 2.43. The topological polar surface area (TPSA) is 64.6 Å². The van der Waals surface area contributed by atoms with Crippen LogP contribution < -0.4 is 5.32 Å². The number of hydrogen-bond acceptors (Lipinski definition) is 4. The molecule has 148 valence electrons. The van der Waals surface area contributed by atoms with E-state index in [1.807, 2.05) is 5.32 Å². The average molecular weight is 381 g/mol. The smallest absolute Gasteiger partial charge is 0.408 e. The van der Waals surface area contributed by atoms with Crippen LogP contribution in [0, 0.1) is 12.3 Å². The molecule has 0 fully saturated rings. The van der Waals surface area contributed by atoms with Gasteiger partial charge >= 0.3 is 12.1 Å². The van der Waals surface area contributed by atoms with Gasteiger partial charge < -0.3 is 9.47 Å². The molecule has 1 aromatic rings. The fraction of sp³-hybridized carbons (Fsp3) is 0.500. The predicted molar refractivity (Wildman–Crippen MR) is 97.3 cm³/mol. The maximum atomic E-state index is 15.3. The molecule has 1 unspecified atom stereocenters. The Balaban J connectivity index is 3.34. The molecule has 0 saturated carbocycles. The van der Waals surface area contributed by atoms with E-state index in [2.05, 4.69) is 5.92 Å². The van der Waals surface area contributed by atoms with Crippen LogP contribution >= 0.6 is 0 Å². The van der Waals surface area contributed by atoms with Gasteiger partial charge in [-0.3, -0.25) is 5.32 Å². The summed E-state index contributed by atoms with van der Waals surface area (Å²) in [4.78, 5) is 24.7. The highest BCUT2D eigenvalue weighted by molar-refractivity contribution is 5.87. The van der Waals surface area contributed by atoms with E-state index in [1.165, 1.54) is 19.1 Å². The lowest BCUT2D eigenvalue weighted by Crippen LogP contribution is -2.67. The lowest BCUT2D eigenvalue weighted by molar-refractivity contribution is -0.171. The minimum absolute atomic E-state index is 0.150. The molecule has 0 aliphatic heterocycles. The van der Waals surface area contributed by atoms with Crippen molar-refractivity contribution in [3.05, 3.63) is 35.9 Å². The first-order valence-corrected chi connectivity index (χ1v) is 8.51. The number of nitrogens with one attached hydrogen (secondary N) is 1. The summed E-state index contributed by atoms with van der Waals surface area (Å²) in [6.45, 7) is 6.04. The van der Waals surface area contributed by atoms with E-state index in [1.54, 1.807) is 39.0 Å². The number of esters is 1. The zero-order valence-corrected chi connectivity index (χ0v) is 16.0. The highest BCUT2D eigenvalue weighted by atomic mass is 19.3. The van der Waals surface area contributed by atoms with Crippen molar-refractivity contribution in [3.63, 3.8) is 0 Å². The Morgan fingerprint density at radius 3 is 2.26 bits per heavy atom. The van der Waals surface area contributed by atoms with Crippen molar-refractivity contribution in [1.29, 1.82) is 0 Å². The van der Waals surface area contributed by atoms with E-state index in [9.17, 15) is 9.59 Å². The van der Waals surface area contributed by atoms with Crippen LogP contribution in [0.3, 0.4) is 0 Å². The molecular formula is C20H25F2NO4. The molecule has 1 atom stereocenters. The lowest BCUT2D eigenvalue weighted by atomic mass is 9.84. The molecule has 0 spiro atoms. The first kappa shape index (κ1) is 22.4. The Bertz CT molecular complexity index is 692. The number of benzene rings is 1. The van der Waals surface area contributed by atoms with Gasteiger partial charge in [-0.05, 0) is 33.3 Å². The van der Waals surface area contributed by atoms with Gasteiger partial charge in [-0.25, -0.2) is 18.4 Å². The van der Waals surface area contributed by atoms with Crippen molar-refractivity contribution in [1.82, 2.24) is 5.32 Å². The molecule has 1 aromatic carbocycles. The van der Waals surface area contributed by atoms with Crippen LogP contribution in [0.25, 0.3) is 0 Å². The van der Waals surface area contributed by atoms with Crippen LogP contribution in [0.15, 0.2) is 30.3 Å². The van der Waals surface area contributed by atoms with Gasteiger partial charge in [-0.15, -0.1) is 12.3 Å². The normalized spacial score (nSPS) is 13.8. The minimum Gasteiger partial charge on any atom is -0.464 e. The Kier molecular flexibility index (Phi) is 7.35. The van der Waals surface area contributed by atoms with Gasteiger partial charge in [0, 0.05) is 12.8 Å². The maximum Gasteiger partial charge on any atom is 0.408 e. The lowest BCUT2D eigenvalue weighted by Gasteiger charge is -2.38. The van der Waals surface area contributed by atoms with E-state index < -0.39 is 42.0 Å². The molecule has 1 amide bonds. The summed E-state index contributed by atoms with van der Waals surface area (Å²) in [6, 6.07) is 7.86. The molecular weight excluding hydrogens is 356 g/mol. The zero-order chi connectivity index (χ0) is 20.7. The summed E-state index contributed by atoms with van der Waals surface area (Å²) >= 11 is 0. The number of carbonyl (C=O) groups is 2. The largest absolute Gasteiger partial charge is 0.464 e. The molecule has 1 rings (SSSR count). The van der Waals surface area contributed by atoms with Crippen molar-refractivity contribution in [3.8, 4) is 12.3 Å². The van der Waals surface area contributed by atoms with Gasteiger partial charge in [0.05, 0.1) is 6.61 Å². The molecule has 0 aliphatic carbocycles. The van der Waals surface area contributed by atoms with Crippen LogP contribution in [0.4, 0.5) is 13.6 Å². The van der Waals surface area contributed by atoms with Crippen LogP contribution in [0.5, 0.6) is 0 Å². The summed E-state index contributed by atoms with van der Waals surface area (Å²) in [5.41, 5.74) is -3.43. The second-order valence-corrected chi connectivity index (χ2v) is 7.00. The predicted octanol–water partition coefficient (Wildman–Crippen LogP) is 3.71. The van der Waals surface area contributed by atoms with Crippen LogP contribution in [-0.2, 0) is 20.7 Å². The number of alkyl halides is 2. The highest BCUT2D eigenvalue weighted by Crippen LogP contribution is 2.36. The molecule has 0 aromatic heterocycles. The monoisotopic (exact) mass is 381 g/mol. The van der Waals surface area contributed by atoms with Gasteiger partial charge in [0.2, 0.25) is 5.54 Å². The quantitative estimate of drug-likeness (QED) is 0.578. The number of alkyl carbamates (subject to hydrolysis) is 1. The summed E-state index contributed by atoms with van der Waals surface area (Å²) in [5, 5.41) is 2.00. The third-order valence-electron chi connectivity index (χ3n) is 3.60. The number of hydrogen-bond donors (Lipinski definition) is 1. The molecule has 7 heteroatoms. The Labute approximate surface area is 158 Å². The second-order valence-electron chi connectivity index (χ2n) is 7.00. The SMILES string of the molecule is C#CCC(NC(=O)OC(C)(C)C)(C(=O)OCC)C(F)(F)Cc1ccccc1. The van der Waals surface area contributed by atoms with E-state index >= 15 is 8.78 Å². The standard InChI is InChI=1S/C20H25F2NO4/c1-6-13-19(16(24)26-7-2,23-17(25)27-18(3,4)5)20(21,22)14-15-11-9-8-10-12-15/h1,8-12H,7,13-14H2,2-5H3,(H,23,25). The minimum atomic E-state index is -3.73.